The van der Waals surface area contributed by atoms with Crippen LogP contribution in [0.5, 0.6) is 11.5 Å². The number of benzene rings is 1. The summed E-state index contributed by atoms with van der Waals surface area (Å²) < 4.78 is 12.4. The number of amides is 1. The van der Waals surface area contributed by atoms with E-state index in [-0.39, 0.29) is 5.91 Å². The molecule has 1 N–H and O–H groups in total. The van der Waals surface area contributed by atoms with Crippen molar-refractivity contribution in [2.45, 2.75) is 25.3 Å². The highest BCUT2D eigenvalue weighted by Crippen LogP contribution is 2.39. The van der Waals surface area contributed by atoms with E-state index in [2.05, 4.69) is 16.5 Å². The fraction of sp³-hybridized carbons (Fsp3) is 0.368. The SMILES string of the molecule is COc1ccc(C=CC(=O)NCc2cc(C3CC3)n(C)n2)cc1OC. The quantitative estimate of drug-likeness (QED) is 0.786. The molecule has 6 heteroatoms. The molecule has 3 rings (SSSR count). The number of aryl methyl sites for hydroxylation is 1. The lowest BCUT2D eigenvalue weighted by Gasteiger charge is -2.07. The van der Waals surface area contributed by atoms with Gasteiger partial charge in [0.25, 0.3) is 0 Å². The van der Waals surface area contributed by atoms with Gasteiger partial charge in [0.1, 0.15) is 0 Å². The van der Waals surface area contributed by atoms with Crippen LogP contribution in [-0.2, 0) is 18.4 Å². The molecule has 0 saturated heterocycles. The van der Waals surface area contributed by atoms with Crippen molar-refractivity contribution in [1.29, 1.82) is 0 Å². The average molecular weight is 341 g/mol. The molecule has 6 nitrogen and oxygen atoms in total. The van der Waals surface area contributed by atoms with Gasteiger partial charge in [0.05, 0.1) is 26.5 Å². The van der Waals surface area contributed by atoms with Gasteiger partial charge in [-0.1, -0.05) is 6.07 Å². The molecule has 0 bridgehead atoms. The van der Waals surface area contributed by atoms with Crippen LogP contribution in [0.4, 0.5) is 0 Å². The first-order valence-electron chi connectivity index (χ1n) is 8.31. The first kappa shape index (κ1) is 17.1. The van der Waals surface area contributed by atoms with Gasteiger partial charge in [0, 0.05) is 24.7 Å². The summed E-state index contributed by atoms with van der Waals surface area (Å²) in [5.41, 5.74) is 3.00. The number of carbonyl (C=O) groups is 1. The zero-order valence-corrected chi connectivity index (χ0v) is 14.8. The maximum absolute atomic E-state index is 12.0. The van der Waals surface area contributed by atoms with Crippen molar-refractivity contribution in [3.05, 3.63) is 47.3 Å². The number of methoxy groups -OCH3 is 2. The Hall–Kier alpha value is -2.76. The van der Waals surface area contributed by atoms with Crippen LogP contribution in [0.15, 0.2) is 30.3 Å². The predicted octanol–water partition coefficient (Wildman–Crippen LogP) is 2.64. The van der Waals surface area contributed by atoms with Gasteiger partial charge in [-0.3, -0.25) is 9.48 Å². The van der Waals surface area contributed by atoms with Crippen LogP contribution in [0.25, 0.3) is 6.08 Å². The number of nitrogens with one attached hydrogen (secondary N) is 1. The van der Waals surface area contributed by atoms with Crippen molar-refractivity contribution >= 4 is 12.0 Å². The third-order valence-corrected chi connectivity index (χ3v) is 4.24. The molecule has 0 atom stereocenters. The molecule has 0 unspecified atom stereocenters. The Morgan fingerprint density at radius 1 is 1.28 bits per heavy atom. The second kappa shape index (κ2) is 7.42. The molecule has 0 spiro atoms. The summed E-state index contributed by atoms with van der Waals surface area (Å²) in [5, 5.41) is 7.31. The van der Waals surface area contributed by atoms with Crippen LogP contribution >= 0.6 is 0 Å². The second-order valence-electron chi connectivity index (χ2n) is 6.12. The minimum absolute atomic E-state index is 0.159. The van der Waals surface area contributed by atoms with Gasteiger partial charge in [-0.2, -0.15) is 5.10 Å². The van der Waals surface area contributed by atoms with E-state index in [0.29, 0.717) is 24.0 Å². The van der Waals surface area contributed by atoms with Gasteiger partial charge in [0.2, 0.25) is 5.91 Å². The molecular weight excluding hydrogens is 318 g/mol. The van der Waals surface area contributed by atoms with Crippen LogP contribution in [0.1, 0.15) is 35.7 Å². The lowest BCUT2D eigenvalue weighted by Crippen LogP contribution is -2.20. The maximum atomic E-state index is 12.0. The van der Waals surface area contributed by atoms with E-state index in [4.69, 9.17) is 9.47 Å². The molecule has 1 aromatic heterocycles. The molecule has 0 radical (unpaired) electrons. The molecule has 1 fully saturated rings. The molecule has 0 aliphatic heterocycles. The van der Waals surface area contributed by atoms with Crippen LogP contribution < -0.4 is 14.8 Å². The van der Waals surface area contributed by atoms with Crippen molar-refractivity contribution in [2.24, 2.45) is 7.05 Å². The first-order valence-corrected chi connectivity index (χ1v) is 8.31. The highest BCUT2D eigenvalue weighted by Gasteiger charge is 2.27. The highest BCUT2D eigenvalue weighted by molar-refractivity contribution is 5.91. The van der Waals surface area contributed by atoms with Crippen molar-refractivity contribution < 1.29 is 14.3 Å². The van der Waals surface area contributed by atoms with E-state index in [1.807, 2.05) is 29.9 Å². The average Bonchev–Trinajstić information content (AvgIpc) is 3.40. The third kappa shape index (κ3) is 4.21. The van der Waals surface area contributed by atoms with E-state index in [1.54, 1.807) is 20.3 Å². The Labute approximate surface area is 147 Å². The topological polar surface area (TPSA) is 65.4 Å². The standard InChI is InChI=1S/C19H23N3O3/c1-22-16(14-6-7-14)11-15(21-22)12-20-19(23)9-5-13-4-8-17(24-2)18(10-13)25-3/h4-5,8-11,14H,6-7,12H2,1-3H3,(H,20,23). The summed E-state index contributed by atoms with van der Waals surface area (Å²) in [6.45, 7) is 0.426. The fourth-order valence-corrected chi connectivity index (χ4v) is 2.76. The Bertz CT molecular complexity index is 791. The summed E-state index contributed by atoms with van der Waals surface area (Å²) in [7, 11) is 5.13. The molecule has 1 aliphatic carbocycles. The molecule has 1 amide bonds. The van der Waals surface area contributed by atoms with Gasteiger partial charge in [-0.15, -0.1) is 0 Å². The summed E-state index contributed by atoms with van der Waals surface area (Å²) in [6.07, 6.45) is 5.72. The number of ether oxygens (including phenoxy) is 2. The van der Waals surface area contributed by atoms with Gasteiger partial charge < -0.3 is 14.8 Å². The second-order valence-corrected chi connectivity index (χ2v) is 6.12. The Kier molecular flexibility index (Phi) is 5.07. The molecule has 2 aromatic rings. The Balaban J connectivity index is 1.57. The highest BCUT2D eigenvalue weighted by atomic mass is 16.5. The van der Waals surface area contributed by atoms with E-state index < -0.39 is 0 Å². The fourth-order valence-electron chi connectivity index (χ4n) is 2.76. The summed E-state index contributed by atoms with van der Waals surface area (Å²) in [5.74, 6) is 1.78. The van der Waals surface area contributed by atoms with Gasteiger partial charge in [-0.25, -0.2) is 0 Å². The third-order valence-electron chi connectivity index (χ3n) is 4.24. The number of carbonyl (C=O) groups excluding carboxylic acids is 1. The van der Waals surface area contributed by atoms with E-state index in [0.717, 1.165) is 11.3 Å². The lowest BCUT2D eigenvalue weighted by atomic mass is 10.2. The molecule has 132 valence electrons. The molecule has 1 aromatic carbocycles. The molecule has 1 aliphatic rings. The van der Waals surface area contributed by atoms with Crippen molar-refractivity contribution in [1.82, 2.24) is 15.1 Å². The smallest absolute Gasteiger partial charge is 0.244 e. The zero-order valence-electron chi connectivity index (χ0n) is 14.8. The molecule has 1 saturated carbocycles. The van der Waals surface area contributed by atoms with Crippen molar-refractivity contribution in [3.63, 3.8) is 0 Å². The van der Waals surface area contributed by atoms with Crippen LogP contribution in [-0.4, -0.2) is 29.9 Å². The van der Waals surface area contributed by atoms with Crippen molar-refractivity contribution in [2.75, 3.05) is 14.2 Å². The van der Waals surface area contributed by atoms with E-state index >= 15 is 0 Å². The number of hydrogen-bond donors (Lipinski definition) is 1. The van der Waals surface area contributed by atoms with E-state index in [9.17, 15) is 4.79 Å². The number of aromatic nitrogens is 2. The monoisotopic (exact) mass is 341 g/mol. The number of hydrogen-bond acceptors (Lipinski definition) is 4. The first-order chi connectivity index (χ1) is 12.1. The summed E-state index contributed by atoms with van der Waals surface area (Å²) >= 11 is 0. The molecule has 25 heavy (non-hydrogen) atoms. The Morgan fingerprint density at radius 2 is 2.04 bits per heavy atom. The zero-order chi connectivity index (χ0) is 17.8. The summed E-state index contributed by atoms with van der Waals surface area (Å²) in [4.78, 5) is 12.0. The van der Waals surface area contributed by atoms with Gasteiger partial charge in [0.15, 0.2) is 11.5 Å². The summed E-state index contributed by atoms with van der Waals surface area (Å²) in [6, 6.07) is 7.58. The number of nitrogens with zero attached hydrogens (tertiary/aromatic N) is 2. The van der Waals surface area contributed by atoms with Gasteiger partial charge >= 0.3 is 0 Å². The minimum atomic E-state index is -0.159. The van der Waals surface area contributed by atoms with E-state index in [1.165, 1.54) is 24.6 Å². The molecule has 1 heterocycles. The van der Waals surface area contributed by atoms with Crippen molar-refractivity contribution in [3.8, 4) is 11.5 Å². The van der Waals surface area contributed by atoms with Gasteiger partial charge in [-0.05, 0) is 42.7 Å². The van der Waals surface area contributed by atoms with Crippen LogP contribution in [0.2, 0.25) is 0 Å². The van der Waals surface area contributed by atoms with Crippen LogP contribution in [0.3, 0.4) is 0 Å². The molecular formula is C19H23N3O3. The largest absolute Gasteiger partial charge is 0.493 e. The maximum Gasteiger partial charge on any atom is 0.244 e. The number of rotatable bonds is 7. The Morgan fingerprint density at radius 3 is 2.72 bits per heavy atom. The predicted molar refractivity (Wildman–Crippen MR) is 95.6 cm³/mol. The van der Waals surface area contributed by atoms with Crippen LogP contribution in [0, 0.1) is 0 Å². The lowest BCUT2D eigenvalue weighted by molar-refractivity contribution is -0.116. The normalized spacial score (nSPS) is 13.9. The minimum Gasteiger partial charge on any atom is -0.493 e.